The molecule has 4 nitrogen and oxygen atoms in total. The second kappa shape index (κ2) is 5.46. The molecule has 4 heteroatoms. The van der Waals surface area contributed by atoms with Crippen molar-refractivity contribution in [3.8, 4) is 0 Å². The van der Waals surface area contributed by atoms with Crippen molar-refractivity contribution in [1.82, 2.24) is 14.9 Å². The summed E-state index contributed by atoms with van der Waals surface area (Å²) >= 11 is 0. The first-order valence-corrected chi connectivity index (χ1v) is 6.04. The lowest BCUT2D eigenvalue weighted by Crippen LogP contribution is -2.14. The van der Waals surface area contributed by atoms with Gasteiger partial charge in [-0.3, -0.25) is 0 Å². The molecule has 0 radical (unpaired) electrons. The number of hydrogen-bond donors (Lipinski definition) is 1. The zero-order valence-electron chi connectivity index (χ0n) is 10.2. The van der Waals surface area contributed by atoms with Crippen LogP contribution in [0.3, 0.4) is 0 Å². The Kier molecular flexibility index (Phi) is 3.96. The normalized spacial score (nSPS) is 20.5. The molecule has 0 saturated carbocycles. The molecular weight excluding hydrogens is 202 g/mol. The van der Waals surface area contributed by atoms with Crippen molar-refractivity contribution < 1.29 is 4.74 Å². The van der Waals surface area contributed by atoms with E-state index < -0.39 is 0 Å². The first-order valence-electron chi connectivity index (χ1n) is 6.04. The van der Waals surface area contributed by atoms with E-state index in [1.165, 1.54) is 17.9 Å². The van der Waals surface area contributed by atoms with Gasteiger partial charge in [0.05, 0.1) is 0 Å². The summed E-state index contributed by atoms with van der Waals surface area (Å²) in [5.41, 5.74) is 1.26. The number of nitrogens with zero attached hydrogens (tertiary/aromatic N) is 2. The summed E-state index contributed by atoms with van der Waals surface area (Å²) < 4.78 is 7.44. The highest BCUT2D eigenvalue weighted by Gasteiger charge is 2.21. The number of hydrogen-bond acceptors (Lipinski definition) is 3. The third-order valence-corrected chi connectivity index (χ3v) is 3.24. The molecule has 0 aliphatic carbocycles. The van der Waals surface area contributed by atoms with Crippen LogP contribution in [0, 0.1) is 6.92 Å². The maximum Gasteiger partial charge on any atom is 0.113 e. The van der Waals surface area contributed by atoms with Crippen molar-refractivity contribution in [1.29, 1.82) is 0 Å². The summed E-state index contributed by atoms with van der Waals surface area (Å²) in [6, 6.07) is 0. The molecule has 0 aromatic carbocycles. The molecule has 1 aromatic heterocycles. The molecule has 0 amide bonds. The number of aryl methyl sites for hydroxylation is 1. The number of nitrogens with one attached hydrogen (secondary N) is 1. The number of ether oxygens (including phenoxy) is 1. The Bertz CT molecular complexity index is 329. The lowest BCUT2D eigenvalue weighted by atomic mass is 10.1. The molecule has 1 fully saturated rings. The largest absolute Gasteiger partial charge is 0.385 e. The monoisotopic (exact) mass is 223 g/mol. The number of methoxy groups -OCH3 is 1. The SMILES string of the molecule is COCCCn1c(C)cnc1[C@H]1CCNC1. The quantitative estimate of drug-likeness (QED) is 0.765. The average molecular weight is 223 g/mol. The van der Waals surface area contributed by atoms with Crippen LogP contribution in [0.15, 0.2) is 6.20 Å². The van der Waals surface area contributed by atoms with Gasteiger partial charge >= 0.3 is 0 Å². The van der Waals surface area contributed by atoms with Gasteiger partial charge in [0.25, 0.3) is 0 Å². The Morgan fingerprint density at radius 1 is 1.62 bits per heavy atom. The fourth-order valence-electron chi connectivity index (χ4n) is 2.34. The summed E-state index contributed by atoms with van der Waals surface area (Å²) in [6.07, 6.45) is 4.25. The molecule has 0 unspecified atom stereocenters. The van der Waals surface area contributed by atoms with Crippen molar-refractivity contribution in [2.24, 2.45) is 0 Å². The number of imidazole rings is 1. The molecule has 1 aromatic rings. The minimum absolute atomic E-state index is 0.594. The van der Waals surface area contributed by atoms with E-state index in [1.807, 2.05) is 6.20 Å². The minimum Gasteiger partial charge on any atom is -0.385 e. The van der Waals surface area contributed by atoms with Crippen LogP contribution in [0.5, 0.6) is 0 Å². The van der Waals surface area contributed by atoms with Gasteiger partial charge < -0.3 is 14.6 Å². The van der Waals surface area contributed by atoms with Crippen molar-refractivity contribution in [3.63, 3.8) is 0 Å². The number of aromatic nitrogens is 2. The molecule has 0 spiro atoms. The van der Waals surface area contributed by atoms with Crippen molar-refractivity contribution >= 4 is 0 Å². The van der Waals surface area contributed by atoms with Gasteiger partial charge in [0.1, 0.15) is 5.82 Å². The van der Waals surface area contributed by atoms with Gasteiger partial charge in [0, 0.05) is 44.6 Å². The standard InChI is InChI=1S/C12H21N3O/c1-10-8-14-12(11-4-5-13-9-11)15(10)6-3-7-16-2/h8,11,13H,3-7,9H2,1-2H3/t11-/m0/s1. The van der Waals surface area contributed by atoms with Crippen molar-refractivity contribution in [2.45, 2.75) is 32.2 Å². The molecule has 2 heterocycles. The molecule has 1 saturated heterocycles. The van der Waals surface area contributed by atoms with Crippen LogP contribution in [0.2, 0.25) is 0 Å². The molecule has 1 aliphatic heterocycles. The van der Waals surface area contributed by atoms with E-state index in [4.69, 9.17) is 4.74 Å². The Hall–Kier alpha value is -0.870. The van der Waals surface area contributed by atoms with Crippen LogP contribution in [-0.2, 0) is 11.3 Å². The summed E-state index contributed by atoms with van der Waals surface area (Å²) in [5, 5.41) is 3.40. The first-order chi connectivity index (χ1) is 7.83. The predicted molar refractivity (Wildman–Crippen MR) is 63.7 cm³/mol. The zero-order valence-corrected chi connectivity index (χ0v) is 10.2. The van der Waals surface area contributed by atoms with Crippen LogP contribution in [0.25, 0.3) is 0 Å². The van der Waals surface area contributed by atoms with E-state index in [1.54, 1.807) is 7.11 Å². The van der Waals surface area contributed by atoms with E-state index in [2.05, 4.69) is 21.8 Å². The predicted octanol–water partition coefficient (Wildman–Crippen LogP) is 1.30. The minimum atomic E-state index is 0.594. The highest BCUT2D eigenvalue weighted by Crippen LogP contribution is 2.22. The van der Waals surface area contributed by atoms with Gasteiger partial charge in [0.2, 0.25) is 0 Å². The fraction of sp³-hybridized carbons (Fsp3) is 0.750. The van der Waals surface area contributed by atoms with E-state index in [0.29, 0.717) is 5.92 Å². The van der Waals surface area contributed by atoms with Gasteiger partial charge in [-0.1, -0.05) is 0 Å². The molecule has 1 N–H and O–H groups in total. The van der Waals surface area contributed by atoms with Gasteiger partial charge in [-0.15, -0.1) is 0 Å². The second-order valence-corrected chi connectivity index (χ2v) is 4.45. The molecule has 2 rings (SSSR count). The lowest BCUT2D eigenvalue weighted by Gasteiger charge is -2.13. The topological polar surface area (TPSA) is 39.1 Å². The lowest BCUT2D eigenvalue weighted by molar-refractivity contribution is 0.189. The van der Waals surface area contributed by atoms with E-state index in [9.17, 15) is 0 Å². The van der Waals surface area contributed by atoms with E-state index in [0.717, 1.165) is 32.7 Å². The third-order valence-electron chi connectivity index (χ3n) is 3.24. The molecular formula is C12H21N3O. The van der Waals surface area contributed by atoms with Gasteiger partial charge in [-0.2, -0.15) is 0 Å². The Balaban J connectivity index is 2.05. The van der Waals surface area contributed by atoms with Gasteiger partial charge in [-0.25, -0.2) is 4.98 Å². The van der Waals surface area contributed by atoms with Crippen LogP contribution in [-0.4, -0.2) is 36.4 Å². The first kappa shape index (κ1) is 11.6. The van der Waals surface area contributed by atoms with Crippen LogP contribution in [0.4, 0.5) is 0 Å². The maximum atomic E-state index is 5.10. The second-order valence-electron chi connectivity index (χ2n) is 4.45. The molecule has 1 aliphatic rings. The van der Waals surface area contributed by atoms with Crippen molar-refractivity contribution in [3.05, 3.63) is 17.7 Å². The fourth-order valence-corrected chi connectivity index (χ4v) is 2.34. The Morgan fingerprint density at radius 2 is 2.50 bits per heavy atom. The van der Waals surface area contributed by atoms with Crippen LogP contribution in [0.1, 0.15) is 30.3 Å². The summed E-state index contributed by atoms with van der Waals surface area (Å²) in [5.74, 6) is 1.84. The molecule has 1 atom stereocenters. The van der Waals surface area contributed by atoms with Crippen LogP contribution < -0.4 is 5.32 Å². The van der Waals surface area contributed by atoms with Gasteiger partial charge in [-0.05, 0) is 26.3 Å². The summed E-state index contributed by atoms with van der Waals surface area (Å²) in [6.45, 7) is 6.16. The third kappa shape index (κ3) is 2.44. The molecule has 16 heavy (non-hydrogen) atoms. The van der Waals surface area contributed by atoms with Gasteiger partial charge in [0.15, 0.2) is 0 Å². The highest BCUT2D eigenvalue weighted by molar-refractivity contribution is 5.10. The Morgan fingerprint density at radius 3 is 3.19 bits per heavy atom. The smallest absolute Gasteiger partial charge is 0.113 e. The van der Waals surface area contributed by atoms with E-state index in [-0.39, 0.29) is 0 Å². The maximum absolute atomic E-state index is 5.10. The average Bonchev–Trinajstić information content (AvgIpc) is 2.89. The van der Waals surface area contributed by atoms with Crippen molar-refractivity contribution in [2.75, 3.05) is 26.8 Å². The number of rotatable bonds is 5. The van der Waals surface area contributed by atoms with E-state index >= 15 is 0 Å². The summed E-state index contributed by atoms with van der Waals surface area (Å²) in [7, 11) is 1.75. The Labute approximate surface area is 97.0 Å². The zero-order chi connectivity index (χ0) is 11.4. The molecule has 0 bridgehead atoms. The summed E-state index contributed by atoms with van der Waals surface area (Å²) in [4.78, 5) is 4.56. The van der Waals surface area contributed by atoms with Crippen LogP contribution >= 0.6 is 0 Å². The molecule has 90 valence electrons. The highest BCUT2D eigenvalue weighted by atomic mass is 16.5.